The number of phenolic OH excluding ortho intramolecular Hbond substituents is 1. The number of fused-ring (bicyclic) bond motifs is 1. The van der Waals surface area contributed by atoms with E-state index in [1.807, 2.05) is 6.07 Å². The van der Waals surface area contributed by atoms with Crippen molar-refractivity contribution in [3.63, 3.8) is 0 Å². The number of ether oxygens (including phenoxy) is 1. The van der Waals surface area contributed by atoms with Crippen molar-refractivity contribution in [2.24, 2.45) is 0 Å². The third-order valence-corrected chi connectivity index (χ3v) is 6.61. The standard InChI is InChI=1S/C28H29IO2/c29-18-5-2-6-19-31-25-15-12-22(13-16-25)28-26(21-8-3-1-4-9-21)11-7-10-23-20-24(30)14-17-27(23)28/h1,3-4,8-9,12-17,20,30H,2,5-7,10-11,18-19H2. The third-order valence-electron chi connectivity index (χ3n) is 5.84. The normalized spacial score (nSPS) is 13.6. The van der Waals surface area contributed by atoms with Gasteiger partial charge in [-0.05, 0) is 101 Å². The maximum absolute atomic E-state index is 10.1. The zero-order chi connectivity index (χ0) is 21.5. The number of rotatable bonds is 8. The van der Waals surface area contributed by atoms with Crippen LogP contribution in [0.25, 0.3) is 11.1 Å². The number of aromatic hydroxyl groups is 1. The maximum Gasteiger partial charge on any atom is 0.119 e. The van der Waals surface area contributed by atoms with Crippen LogP contribution in [0.15, 0.2) is 72.8 Å². The van der Waals surface area contributed by atoms with Gasteiger partial charge in [0.25, 0.3) is 0 Å². The first kappa shape index (κ1) is 21.9. The molecule has 0 heterocycles. The molecule has 0 radical (unpaired) electrons. The minimum absolute atomic E-state index is 0.340. The Morgan fingerprint density at radius 2 is 1.61 bits per heavy atom. The van der Waals surface area contributed by atoms with Crippen molar-refractivity contribution in [1.82, 2.24) is 0 Å². The Hall–Kier alpha value is -2.27. The molecule has 0 amide bonds. The molecule has 1 N–H and O–H groups in total. The summed E-state index contributed by atoms with van der Waals surface area (Å²) in [4.78, 5) is 0. The van der Waals surface area contributed by atoms with Gasteiger partial charge >= 0.3 is 0 Å². The van der Waals surface area contributed by atoms with E-state index in [-0.39, 0.29) is 0 Å². The van der Waals surface area contributed by atoms with Crippen molar-refractivity contribution < 1.29 is 9.84 Å². The van der Waals surface area contributed by atoms with Gasteiger partial charge in [-0.1, -0.05) is 71.1 Å². The first-order chi connectivity index (χ1) is 15.3. The van der Waals surface area contributed by atoms with Crippen molar-refractivity contribution in [2.75, 3.05) is 11.0 Å². The molecule has 1 aliphatic carbocycles. The van der Waals surface area contributed by atoms with Crippen molar-refractivity contribution in [3.05, 3.63) is 95.1 Å². The molecule has 0 aromatic heterocycles. The highest BCUT2D eigenvalue weighted by Gasteiger charge is 2.20. The van der Waals surface area contributed by atoms with Gasteiger partial charge in [0.05, 0.1) is 6.61 Å². The Labute approximate surface area is 199 Å². The second-order valence-corrected chi connectivity index (χ2v) is 9.12. The lowest BCUT2D eigenvalue weighted by Crippen LogP contribution is -1.99. The average molecular weight is 524 g/mol. The highest BCUT2D eigenvalue weighted by Crippen LogP contribution is 2.40. The smallest absolute Gasteiger partial charge is 0.119 e. The highest BCUT2D eigenvalue weighted by molar-refractivity contribution is 14.1. The summed E-state index contributed by atoms with van der Waals surface area (Å²) in [5, 5.41) is 10.1. The molecule has 0 saturated carbocycles. The van der Waals surface area contributed by atoms with E-state index < -0.39 is 0 Å². The van der Waals surface area contributed by atoms with Crippen LogP contribution in [0.2, 0.25) is 0 Å². The number of aryl methyl sites for hydroxylation is 1. The topological polar surface area (TPSA) is 29.5 Å². The number of allylic oxidation sites excluding steroid dienone is 1. The summed E-state index contributed by atoms with van der Waals surface area (Å²) >= 11 is 2.43. The Kier molecular flexibility index (Phi) is 7.68. The molecule has 3 aromatic carbocycles. The van der Waals surface area contributed by atoms with Gasteiger partial charge in [-0.25, -0.2) is 0 Å². The summed E-state index contributed by atoms with van der Waals surface area (Å²) in [6.07, 6.45) is 6.64. The Balaban J connectivity index is 1.69. The van der Waals surface area contributed by atoms with E-state index in [0.717, 1.165) is 38.0 Å². The minimum Gasteiger partial charge on any atom is -0.508 e. The van der Waals surface area contributed by atoms with E-state index in [9.17, 15) is 5.11 Å². The third kappa shape index (κ3) is 5.51. The van der Waals surface area contributed by atoms with Gasteiger partial charge in [0.1, 0.15) is 11.5 Å². The predicted molar refractivity (Wildman–Crippen MR) is 138 cm³/mol. The monoisotopic (exact) mass is 524 g/mol. The molecule has 2 nitrogen and oxygen atoms in total. The minimum atomic E-state index is 0.340. The number of alkyl halides is 1. The second-order valence-electron chi connectivity index (χ2n) is 8.04. The van der Waals surface area contributed by atoms with E-state index in [4.69, 9.17) is 4.74 Å². The Bertz CT molecular complexity index is 1020. The summed E-state index contributed by atoms with van der Waals surface area (Å²) in [5.74, 6) is 1.27. The predicted octanol–water partition coefficient (Wildman–Crippen LogP) is 7.67. The summed E-state index contributed by atoms with van der Waals surface area (Å²) in [5.41, 5.74) is 7.56. The Morgan fingerprint density at radius 1 is 0.806 bits per heavy atom. The molecule has 0 unspecified atom stereocenters. The van der Waals surface area contributed by atoms with Crippen LogP contribution in [-0.4, -0.2) is 16.1 Å². The van der Waals surface area contributed by atoms with E-state index >= 15 is 0 Å². The zero-order valence-corrected chi connectivity index (χ0v) is 20.0. The summed E-state index contributed by atoms with van der Waals surface area (Å²) in [6.45, 7) is 0.774. The van der Waals surface area contributed by atoms with Gasteiger partial charge in [0.2, 0.25) is 0 Å². The molecule has 0 fully saturated rings. The van der Waals surface area contributed by atoms with Crippen LogP contribution in [0.1, 0.15) is 54.4 Å². The van der Waals surface area contributed by atoms with Crippen LogP contribution in [0.5, 0.6) is 11.5 Å². The second kappa shape index (κ2) is 10.9. The Morgan fingerprint density at radius 3 is 2.39 bits per heavy atom. The number of halogens is 1. The maximum atomic E-state index is 10.1. The highest BCUT2D eigenvalue weighted by atomic mass is 127. The fraction of sp³-hybridized carbons (Fsp3) is 0.286. The molecular weight excluding hydrogens is 495 g/mol. The van der Waals surface area contributed by atoms with Crippen LogP contribution in [-0.2, 0) is 6.42 Å². The number of hydrogen-bond donors (Lipinski definition) is 1. The molecule has 0 saturated heterocycles. The molecule has 3 heteroatoms. The summed E-state index contributed by atoms with van der Waals surface area (Å²) in [6, 6.07) is 25.0. The van der Waals surface area contributed by atoms with E-state index in [1.54, 1.807) is 6.07 Å². The molecule has 0 aliphatic heterocycles. The van der Waals surface area contributed by atoms with Crippen LogP contribution in [0.3, 0.4) is 0 Å². The first-order valence-corrected chi connectivity index (χ1v) is 12.7. The van der Waals surface area contributed by atoms with Crippen molar-refractivity contribution in [1.29, 1.82) is 0 Å². The van der Waals surface area contributed by atoms with Gasteiger partial charge in [0.15, 0.2) is 0 Å². The molecule has 4 rings (SSSR count). The lowest BCUT2D eigenvalue weighted by Gasteiger charge is -2.17. The molecule has 3 aromatic rings. The molecule has 160 valence electrons. The van der Waals surface area contributed by atoms with Crippen LogP contribution >= 0.6 is 22.6 Å². The molecule has 0 spiro atoms. The first-order valence-electron chi connectivity index (χ1n) is 11.2. The molecule has 1 aliphatic rings. The number of unbranched alkanes of at least 4 members (excludes halogenated alkanes) is 2. The SMILES string of the molecule is Oc1ccc2c(c1)CCCC(c1ccccc1)=C2c1ccc(OCCCCCI)cc1. The molecular formula is C28H29IO2. The van der Waals surface area contributed by atoms with Crippen molar-refractivity contribution >= 4 is 33.7 Å². The van der Waals surface area contributed by atoms with Crippen LogP contribution in [0.4, 0.5) is 0 Å². The number of benzene rings is 3. The van der Waals surface area contributed by atoms with E-state index in [1.165, 1.54) is 50.7 Å². The molecule has 0 bridgehead atoms. The fourth-order valence-corrected chi connectivity index (χ4v) is 4.85. The summed E-state index contributed by atoms with van der Waals surface area (Å²) < 4.78 is 7.18. The lowest BCUT2D eigenvalue weighted by atomic mass is 9.88. The average Bonchev–Trinajstić information content (AvgIpc) is 2.99. The van der Waals surface area contributed by atoms with Crippen molar-refractivity contribution in [2.45, 2.75) is 38.5 Å². The van der Waals surface area contributed by atoms with Gasteiger partial charge in [0, 0.05) is 0 Å². The fourth-order valence-electron chi connectivity index (χ4n) is 4.31. The van der Waals surface area contributed by atoms with Crippen LogP contribution < -0.4 is 4.74 Å². The molecule has 0 atom stereocenters. The zero-order valence-electron chi connectivity index (χ0n) is 17.8. The van der Waals surface area contributed by atoms with E-state index in [2.05, 4.69) is 83.3 Å². The van der Waals surface area contributed by atoms with Gasteiger partial charge in [-0.15, -0.1) is 0 Å². The van der Waals surface area contributed by atoms with Gasteiger partial charge in [-0.2, -0.15) is 0 Å². The summed E-state index contributed by atoms with van der Waals surface area (Å²) in [7, 11) is 0. The van der Waals surface area contributed by atoms with Crippen molar-refractivity contribution in [3.8, 4) is 11.5 Å². The lowest BCUT2D eigenvalue weighted by molar-refractivity contribution is 0.306. The quantitative estimate of drug-likeness (QED) is 0.186. The van der Waals surface area contributed by atoms with Gasteiger partial charge < -0.3 is 9.84 Å². The number of hydrogen-bond acceptors (Lipinski definition) is 2. The van der Waals surface area contributed by atoms with E-state index in [0.29, 0.717) is 5.75 Å². The largest absolute Gasteiger partial charge is 0.508 e. The molecule has 31 heavy (non-hydrogen) atoms. The van der Waals surface area contributed by atoms with Gasteiger partial charge in [-0.3, -0.25) is 0 Å². The van der Waals surface area contributed by atoms with Crippen LogP contribution in [0, 0.1) is 0 Å². The number of phenols is 1.